The smallest absolute Gasteiger partial charge is 0.277 e. The molecular weight excluding hydrogens is 424 g/mol. The standard InChI is InChI=1S/C20H17BrN4OS/c1-3-25-11-15(21)18(24-25)19(26)22-14-7-5-13(6-8-14)20-23-16-9-4-12(2)10-17(16)27-20/h4-11H,3H2,1-2H3,(H,22,26). The first-order valence-electron chi connectivity index (χ1n) is 8.55. The van der Waals surface area contributed by atoms with Crippen molar-refractivity contribution in [3.05, 3.63) is 64.4 Å². The highest BCUT2D eigenvalue weighted by Gasteiger charge is 2.15. The summed E-state index contributed by atoms with van der Waals surface area (Å²) in [5.41, 5.74) is 4.37. The van der Waals surface area contributed by atoms with E-state index in [9.17, 15) is 4.79 Å². The van der Waals surface area contributed by atoms with E-state index >= 15 is 0 Å². The molecule has 1 amide bonds. The normalized spacial score (nSPS) is 11.1. The maximum absolute atomic E-state index is 12.4. The lowest BCUT2D eigenvalue weighted by Crippen LogP contribution is -2.13. The molecule has 7 heteroatoms. The summed E-state index contributed by atoms with van der Waals surface area (Å²) >= 11 is 5.06. The van der Waals surface area contributed by atoms with Gasteiger partial charge in [0.05, 0.1) is 14.7 Å². The fraction of sp³-hybridized carbons (Fsp3) is 0.150. The molecule has 1 N–H and O–H groups in total. The second kappa shape index (κ2) is 7.25. The molecule has 4 rings (SSSR count). The lowest BCUT2D eigenvalue weighted by Gasteiger charge is -2.04. The molecule has 0 radical (unpaired) electrons. The van der Waals surface area contributed by atoms with Crippen molar-refractivity contribution in [2.75, 3.05) is 5.32 Å². The molecule has 0 bridgehead atoms. The number of aromatic nitrogens is 3. The predicted octanol–water partition coefficient (Wildman–Crippen LogP) is 5.50. The third-order valence-electron chi connectivity index (χ3n) is 4.19. The van der Waals surface area contributed by atoms with Crippen LogP contribution in [0.15, 0.2) is 53.1 Å². The van der Waals surface area contributed by atoms with Gasteiger partial charge in [0.1, 0.15) is 5.01 Å². The van der Waals surface area contributed by atoms with Crippen molar-refractivity contribution in [3.8, 4) is 10.6 Å². The molecule has 0 aliphatic heterocycles. The highest BCUT2D eigenvalue weighted by molar-refractivity contribution is 9.10. The van der Waals surface area contributed by atoms with Crippen LogP contribution in [0.3, 0.4) is 0 Å². The number of rotatable bonds is 4. The summed E-state index contributed by atoms with van der Waals surface area (Å²) < 4.78 is 3.58. The van der Waals surface area contributed by atoms with E-state index in [1.54, 1.807) is 22.2 Å². The number of nitrogens with one attached hydrogen (secondary N) is 1. The van der Waals surface area contributed by atoms with Crippen LogP contribution in [0.25, 0.3) is 20.8 Å². The monoisotopic (exact) mass is 440 g/mol. The van der Waals surface area contributed by atoms with Gasteiger partial charge in [0.25, 0.3) is 5.91 Å². The first kappa shape index (κ1) is 17.9. The molecule has 0 unspecified atom stereocenters. The van der Waals surface area contributed by atoms with Gasteiger partial charge in [0.15, 0.2) is 5.69 Å². The van der Waals surface area contributed by atoms with E-state index < -0.39 is 0 Å². The highest BCUT2D eigenvalue weighted by atomic mass is 79.9. The molecule has 136 valence electrons. The van der Waals surface area contributed by atoms with Crippen molar-refractivity contribution in [2.45, 2.75) is 20.4 Å². The van der Waals surface area contributed by atoms with Crippen molar-refractivity contribution >= 4 is 49.1 Å². The van der Waals surface area contributed by atoms with Crippen LogP contribution in [-0.2, 0) is 6.54 Å². The molecule has 0 atom stereocenters. The molecule has 5 nitrogen and oxygen atoms in total. The van der Waals surface area contributed by atoms with Crippen LogP contribution < -0.4 is 5.32 Å². The SMILES string of the molecule is CCn1cc(Br)c(C(=O)Nc2ccc(-c3nc4ccc(C)cc4s3)cc2)n1. The first-order chi connectivity index (χ1) is 13.0. The molecule has 0 saturated heterocycles. The van der Waals surface area contributed by atoms with Crippen molar-refractivity contribution in [1.82, 2.24) is 14.8 Å². The maximum atomic E-state index is 12.4. The third kappa shape index (κ3) is 3.65. The van der Waals surface area contributed by atoms with E-state index in [4.69, 9.17) is 4.98 Å². The zero-order valence-corrected chi connectivity index (χ0v) is 17.3. The van der Waals surface area contributed by atoms with Crippen molar-refractivity contribution < 1.29 is 4.79 Å². The molecule has 4 aromatic rings. The Labute approximate surface area is 169 Å². The Morgan fingerprint density at radius 1 is 1.22 bits per heavy atom. The number of hydrogen-bond acceptors (Lipinski definition) is 4. The number of benzene rings is 2. The van der Waals surface area contributed by atoms with E-state index in [-0.39, 0.29) is 5.91 Å². The van der Waals surface area contributed by atoms with Crippen molar-refractivity contribution in [2.24, 2.45) is 0 Å². The van der Waals surface area contributed by atoms with E-state index in [0.29, 0.717) is 16.7 Å². The highest BCUT2D eigenvalue weighted by Crippen LogP contribution is 2.31. The fourth-order valence-corrected chi connectivity index (χ4v) is 4.32. The number of amides is 1. The van der Waals surface area contributed by atoms with Crippen LogP contribution in [0.4, 0.5) is 5.69 Å². The lowest BCUT2D eigenvalue weighted by molar-refractivity contribution is 0.102. The fourth-order valence-electron chi connectivity index (χ4n) is 2.75. The summed E-state index contributed by atoms with van der Waals surface area (Å²) in [7, 11) is 0. The van der Waals surface area contributed by atoms with Gasteiger partial charge in [-0.1, -0.05) is 6.07 Å². The number of thiazole rings is 1. The van der Waals surface area contributed by atoms with Gasteiger partial charge in [-0.25, -0.2) is 4.98 Å². The number of hydrogen-bond donors (Lipinski definition) is 1. The molecular formula is C20H17BrN4OS. The molecule has 27 heavy (non-hydrogen) atoms. The topological polar surface area (TPSA) is 59.8 Å². The Morgan fingerprint density at radius 2 is 2.00 bits per heavy atom. The molecule has 0 fully saturated rings. The van der Waals surface area contributed by atoms with Crippen LogP contribution in [-0.4, -0.2) is 20.7 Å². The van der Waals surface area contributed by atoms with Gasteiger partial charge in [0.2, 0.25) is 0 Å². The molecule has 0 aliphatic rings. The Morgan fingerprint density at radius 3 is 2.70 bits per heavy atom. The van der Waals surface area contributed by atoms with Gasteiger partial charge < -0.3 is 5.32 Å². The van der Waals surface area contributed by atoms with Crippen LogP contribution in [0.1, 0.15) is 23.0 Å². The molecule has 0 saturated carbocycles. The van der Waals surface area contributed by atoms with Gasteiger partial charge in [-0.15, -0.1) is 11.3 Å². The zero-order chi connectivity index (χ0) is 19.0. The molecule has 0 spiro atoms. The third-order valence-corrected chi connectivity index (χ3v) is 5.84. The van der Waals surface area contributed by atoms with E-state index in [2.05, 4.69) is 45.4 Å². The summed E-state index contributed by atoms with van der Waals surface area (Å²) in [6.45, 7) is 4.77. The number of nitrogens with zero attached hydrogens (tertiary/aromatic N) is 3. The Balaban J connectivity index is 1.54. The second-order valence-corrected chi connectivity index (χ2v) is 8.09. The summed E-state index contributed by atoms with van der Waals surface area (Å²) in [6.07, 6.45) is 1.80. The van der Waals surface area contributed by atoms with Crippen LogP contribution >= 0.6 is 27.3 Å². The zero-order valence-electron chi connectivity index (χ0n) is 14.9. The number of halogens is 1. The Bertz CT molecular complexity index is 1130. The largest absolute Gasteiger partial charge is 0.321 e. The minimum absolute atomic E-state index is 0.239. The molecule has 2 aromatic heterocycles. The van der Waals surface area contributed by atoms with Crippen LogP contribution in [0.2, 0.25) is 0 Å². The average molecular weight is 441 g/mol. The van der Waals surface area contributed by atoms with Crippen LogP contribution in [0.5, 0.6) is 0 Å². The minimum Gasteiger partial charge on any atom is -0.321 e. The van der Waals surface area contributed by atoms with Crippen molar-refractivity contribution in [3.63, 3.8) is 0 Å². The number of carbonyl (C=O) groups excluding carboxylic acids is 1. The second-order valence-electron chi connectivity index (χ2n) is 6.20. The van der Waals surface area contributed by atoms with E-state index in [0.717, 1.165) is 21.8 Å². The van der Waals surface area contributed by atoms with Gasteiger partial charge in [0, 0.05) is 24.0 Å². The summed E-state index contributed by atoms with van der Waals surface area (Å²) in [5, 5.41) is 8.13. The van der Waals surface area contributed by atoms with E-state index in [1.165, 1.54) is 10.3 Å². The average Bonchev–Trinajstić information content (AvgIpc) is 3.25. The Hall–Kier alpha value is -2.51. The molecule has 2 aromatic carbocycles. The summed E-state index contributed by atoms with van der Waals surface area (Å²) in [6, 6.07) is 14.0. The quantitative estimate of drug-likeness (QED) is 0.455. The van der Waals surface area contributed by atoms with Gasteiger partial charge in [-0.05, 0) is 71.7 Å². The number of anilines is 1. The molecule has 0 aliphatic carbocycles. The lowest BCUT2D eigenvalue weighted by atomic mass is 10.2. The summed E-state index contributed by atoms with van der Waals surface area (Å²) in [5.74, 6) is -0.239. The molecule has 2 heterocycles. The van der Waals surface area contributed by atoms with Crippen molar-refractivity contribution in [1.29, 1.82) is 0 Å². The van der Waals surface area contributed by atoms with E-state index in [1.807, 2.05) is 37.3 Å². The van der Waals surface area contributed by atoms with Gasteiger partial charge in [-0.2, -0.15) is 5.10 Å². The summed E-state index contributed by atoms with van der Waals surface area (Å²) in [4.78, 5) is 17.1. The maximum Gasteiger partial charge on any atom is 0.277 e. The number of fused-ring (bicyclic) bond motifs is 1. The van der Waals surface area contributed by atoms with Crippen LogP contribution in [0, 0.1) is 6.92 Å². The van der Waals surface area contributed by atoms with Gasteiger partial charge >= 0.3 is 0 Å². The number of aryl methyl sites for hydroxylation is 2. The predicted molar refractivity (Wildman–Crippen MR) is 113 cm³/mol. The number of carbonyl (C=O) groups is 1. The minimum atomic E-state index is -0.239. The van der Waals surface area contributed by atoms with Gasteiger partial charge in [-0.3, -0.25) is 9.48 Å². The Kier molecular flexibility index (Phi) is 4.80. The first-order valence-corrected chi connectivity index (χ1v) is 10.2.